The Labute approximate surface area is 108 Å². The third-order valence-electron chi connectivity index (χ3n) is 3.31. The molecule has 1 aliphatic rings. The van der Waals surface area contributed by atoms with Crippen molar-refractivity contribution in [3.8, 4) is 0 Å². The second-order valence-electron chi connectivity index (χ2n) is 4.97. The summed E-state index contributed by atoms with van der Waals surface area (Å²) >= 11 is 0. The molecule has 2 rings (SSSR count). The molecule has 2 atom stereocenters. The van der Waals surface area contributed by atoms with Crippen molar-refractivity contribution in [2.24, 2.45) is 0 Å². The van der Waals surface area contributed by atoms with E-state index in [1.165, 1.54) is 0 Å². The fourth-order valence-electron chi connectivity index (χ4n) is 2.17. The smallest absolute Gasteiger partial charge is 0.233 e. The first-order valence-electron chi connectivity index (χ1n) is 6.43. The average Bonchev–Trinajstić information content (AvgIpc) is 2.85. The van der Waals surface area contributed by atoms with E-state index in [1.54, 1.807) is 0 Å². The van der Waals surface area contributed by atoms with Gasteiger partial charge < -0.3 is 19.5 Å². The second kappa shape index (κ2) is 6.26. The third kappa shape index (κ3) is 3.28. The molecule has 6 nitrogen and oxygen atoms in total. The molecule has 1 aromatic heterocycles. The fraction of sp³-hybridized carbons (Fsp3) is 0.833. The van der Waals surface area contributed by atoms with E-state index in [1.807, 2.05) is 21.1 Å². The van der Waals surface area contributed by atoms with Gasteiger partial charge in [-0.3, -0.25) is 0 Å². The first-order valence-corrected chi connectivity index (χ1v) is 6.43. The Kier molecular flexibility index (Phi) is 4.68. The van der Waals surface area contributed by atoms with E-state index in [4.69, 9.17) is 9.26 Å². The van der Waals surface area contributed by atoms with Crippen LogP contribution in [-0.4, -0.2) is 62.0 Å². The maximum atomic E-state index is 5.50. The van der Waals surface area contributed by atoms with Crippen molar-refractivity contribution < 1.29 is 9.26 Å². The quantitative estimate of drug-likeness (QED) is 0.813. The maximum Gasteiger partial charge on any atom is 0.233 e. The zero-order valence-electron chi connectivity index (χ0n) is 11.3. The monoisotopic (exact) mass is 254 g/mol. The van der Waals surface area contributed by atoms with Gasteiger partial charge in [0, 0.05) is 25.6 Å². The molecule has 6 heteroatoms. The molecule has 0 aromatic carbocycles. The maximum absolute atomic E-state index is 5.50. The van der Waals surface area contributed by atoms with E-state index >= 15 is 0 Å². The Morgan fingerprint density at radius 1 is 1.44 bits per heavy atom. The number of nitrogens with one attached hydrogen (secondary N) is 1. The van der Waals surface area contributed by atoms with Crippen molar-refractivity contribution in [1.29, 1.82) is 0 Å². The number of hydrogen-bond acceptors (Lipinski definition) is 6. The summed E-state index contributed by atoms with van der Waals surface area (Å²) < 4.78 is 10.9. The van der Waals surface area contributed by atoms with E-state index in [-0.39, 0.29) is 5.92 Å². The standard InChI is InChI=1S/C12H22N4O2/c1-13-10-5-7-17-8-9(10)12-14-11(15-18-12)4-6-16(2)3/h9-10,13H,4-8H2,1-3H3. The Morgan fingerprint density at radius 2 is 2.28 bits per heavy atom. The van der Waals surface area contributed by atoms with Crippen LogP contribution in [-0.2, 0) is 11.2 Å². The first-order chi connectivity index (χ1) is 8.70. The average molecular weight is 254 g/mol. The highest BCUT2D eigenvalue weighted by Crippen LogP contribution is 2.24. The van der Waals surface area contributed by atoms with Gasteiger partial charge in [-0.2, -0.15) is 4.98 Å². The molecule has 1 N–H and O–H groups in total. The molecule has 2 unspecified atom stereocenters. The summed E-state index contributed by atoms with van der Waals surface area (Å²) in [6.45, 7) is 2.38. The molecule has 1 aliphatic heterocycles. The van der Waals surface area contributed by atoms with Gasteiger partial charge in [0.1, 0.15) is 0 Å². The molecule has 0 spiro atoms. The minimum atomic E-state index is 0.171. The van der Waals surface area contributed by atoms with Crippen LogP contribution in [0.1, 0.15) is 24.1 Å². The zero-order valence-corrected chi connectivity index (χ0v) is 11.3. The van der Waals surface area contributed by atoms with Crippen LogP contribution < -0.4 is 5.32 Å². The molecule has 0 saturated carbocycles. The molecule has 0 radical (unpaired) electrons. The molecule has 18 heavy (non-hydrogen) atoms. The van der Waals surface area contributed by atoms with Crippen molar-refractivity contribution in [1.82, 2.24) is 20.4 Å². The molecule has 0 aliphatic carbocycles. The molecule has 1 fully saturated rings. The van der Waals surface area contributed by atoms with E-state index in [0.717, 1.165) is 31.8 Å². The molecule has 0 amide bonds. The van der Waals surface area contributed by atoms with Crippen molar-refractivity contribution in [2.75, 3.05) is 40.9 Å². The van der Waals surface area contributed by atoms with Crippen molar-refractivity contribution in [3.05, 3.63) is 11.7 Å². The van der Waals surface area contributed by atoms with Crippen molar-refractivity contribution >= 4 is 0 Å². The van der Waals surface area contributed by atoms with Gasteiger partial charge in [-0.1, -0.05) is 5.16 Å². The van der Waals surface area contributed by atoms with Gasteiger partial charge in [0.25, 0.3) is 0 Å². The minimum Gasteiger partial charge on any atom is -0.381 e. The summed E-state index contributed by atoms with van der Waals surface area (Å²) in [7, 11) is 6.03. The summed E-state index contributed by atoms with van der Waals surface area (Å²) in [4.78, 5) is 6.59. The van der Waals surface area contributed by atoms with Gasteiger partial charge in [-0.15, -0.1) is 0 Å². The number of aromatic nitrogens is 2. The Bertz CT molecular complexity index is 367. The third-order valence-corrected chi connectivity index (χ3v) is 3.31. The highest BCUT2D eigenvalue weighted by Gasteiger charge is 2.30. The Morgan fingerprint density at radius 3 is 3.00 bits per heavy atom. The molecule has 2 heterocycles. The van der Waals surface area contributed by atoms with Crippen LogP contribution in [0.4, 0.5) is 0 Å². The predicted octanol–water partition coefficient (Wildman–Crippen LogP) is 0.266. The van der Waals surface area contributed by atoms with Gasteiger partial charge in [0.05, 0.1) is 12.5 Å². The molecule has 1 aromatic rings. The van der Waals surface area contributed by atoms with Crippen LogP contribution in [0.25, 0.3) is 0 Å². The lowest BCUT2D eigenvalue weighted by molar-refractivity contribution is 0.0516. The van der Waals surface area contributed by atoms with Gasteiger partial charge in [0.15, 0.2) is 5.82 Å². The van der Waals surface area contributed by atoms with E-state index in [2.05, 4.69) is 20.4 Å². The summed E-state index contributed by atoms with van der Waals surface area (Å²) in [5.74, 6) is 1.64. The number of ether oxygens (including phenoxy) is 1. The fourth-order valence-corrected chi connectivity index (χ4v) is 2.17. The van der Waals surface area contributed by atoms with Gasteiger partial charge in [0.2, 0.25) is 5.89 Å². The van der Waals surface area contributed by atoms with E-state index in [0.29, 0.717) is 18.5 Å². The summed E-state index contributed by atoms with van der Waals surface area (Å²) in [6.07, 6.45) is 1.80. The lowest BCUT2D eigenvalue weighted by atomic mass is 9.96. The molecule has 1 saturated heterocycles. The first kappa shape index (κ1) is 13.5. The number of nitrogens with zero attached hydrogens (tertiary/aromatic N) is 3. The van der Waals surface area contributed by atoms with Crippen LogP contribution in [0.2, 0.25) is 0 Å². The van der Waals surface area contributed by atoms with Gasteiger partial charge >= 0.3 is 0 Å². The zero-order chi connectivity index (χ0) is 13.0. The Hall–Kier alpha value is -0.980. The van der Waals surface area contributed by atoms with Crippen LogP contribution in [0.5, 0.6) is 0 Å². The summed E-state index contributed by atoms with van der Waals surface area (Å²) in [6, 6.07) is 0.362. The highest BCUT2D eigenvalue weighted by atomic mass is 16.5. The van der Waals surface area contributed by atoms with Crippen LogP contribution in [0.3, 0.4) is 0 Å². The van der Waals surface area contributed by atoms with Crippen molar-refractivity contribution in [2.45, 2.75) is 24.8 Å². The largest absolute Gasteiger partial charge is 0.381 e. The number of likely N-dealkylation sites (N-methyl/N-ethyl adjacent to an activating group) is 2. The number of hydrogen-bond donors (Lipinski definition) is 1. The van der Waals surface area contributed by atoms with Crippen LogP contribution in [0, 0.1) is 0 Å². The highest BCUT2D eigenvalue weighted by molar-refractivity contribution is 5.01. The molecule has 102 valence electrons. The topological polar surface area (TPSA) is 63.4 Å². The molecular weight excluding hydrogens is 232 g/mol. The number of rotatable bonds is 5. The summed E-state index contributed by atoms with van der Waals surface area (Å²) in [5.41, 5.74) is 0. The Balaban J connectivity index is 1.99. The molecular formula is C12H22N4O2. The van der Waals surface area contributed by atoms with E-state index in [9.17, 15) is 0 Å². The minimum absolute atomic E-state index is 0.171. The normalized spacial score (nSPS) is 24.7. The predicted molar refractivity (Wildman–Crippen MR) is 67.6 cm³/mol. The lowest BCUT2D eigenvalue weighted by Crippen LogP contribution is -2.39. The van der Waals surface area contributed by atoms with Crippen LogP contribution in [0.15, 0.2) is 4.52 Å². The van der Waals surface area contributed by atoms with Gasteiger partial charge in [-0.05, 0) is 27.6 Å². The van der Waals surface area contributed by atoms with Crippen molar-refractivity contribution in [3.63, 3.8) is 0 Å². The van der Waals surface area contributed by atoms with Crippen LogP contribution >= 0.6 is 0 Å². The SMILES string of the molecule is CNC1CCOCC1c1nc(CCN(C)C)no1. The van der Waals surface area contributed by atoms with Gasteiger partial charge in [-0.25, -0.2) is 0 Å². The lowest BCUT2D eigenvalue weighted by Gasteiger charge is -2.28. The molecule has 0 bridgehead atoms. The van der Waals surface area contributed by atoms with E-state index < -0.39 is 0 Å². The summed E-state index contributed by atoms with van der Waals surface area (Å²) in [5, 5.41) is 7.33. The second-order valence-corrected chi connectivity index (χ2v) is 4.97.